The first-order valence-electron chi connectivity index (χ1n) is 5.44. The predicted octanol–water partition coefficient (Wildman–Crippen LogP) is 1.03. The molecule has 0 spiro atoms. The van der Waals surface area contributed by atoms with Crippen LogP contribution in [-0.2, 0) is 13.6 Å². The first kappa shape index (κ1) is 11.4. The molecule has 1 N–H and O–H groups in total. The van der Waals surface area contributed by atoms with Gasteiger partial charge in [0.1, 0.15) is 6.33 Å². The van der Waals surface area contributed by atoms with Gasteiger partial charge in [-0.25, -0.2) is 4.98 Å². The number of hydrogen-bond acceptors (Lipinski definition) is 5. The molecule has 0 amide bonds. The van der Waals surface area contributed by atoms with Crippen molar-refractivity contribution in [2.75, 3.05) is 6.54 Å². The van der Waals surface area contributed by atoms with Crippen molar-refractivity contribution in [3.8, 4) is 0 Å². The minimum atomic E-state index is 0.610. The van der Waals surface area contributed by atoms with Crippen molar-refractivity contribution in [3.63, 3.8) is 0 Å². The van der Waals surface area contributed by atoms with E-state index in [1.165, 1.54) is 0 Å². The van der Waals surface area contributed by atoms with Gasteiger partial charge >= 0.3 is 0 Å². The lowest BCUT2D eigenvalue weighted by molar-refractivity contribution is 0.621. The third-order valence-electron chi connectivity index (χ3n) is 2.47. The SMILES string of the molecule is CC(C)C1CN=C(NCc2ncn(C)n2)S1. The van der Waals surface area contributed by atoms with Crippen LogP contribution in [0.4, 0.5) is 0 Å². The number of nitrogens with zero attached hydrogens (tertiary/aromatic N) is 4. The highest BCUT2D eigenvalue weighted by Crippen LogP contribution is 2.25. The molecular formula is C10H17N5S. The minimum Gasteiger partial charge on any atom is -0.358 e. The van der Waals surface area contributed by atoms with Crippen molar-refractivity contribution in [1.29, 1.82) is 0 Å². The summed E-state index contributed by atoms with van der Waals surface area (Å²) in [5, 5.41) is 9.11. The van der Waals surface area contributed by atoms with Crippen LogP contribution in [0.2, 0.25) is 0 Å². The van der Waals surface area contributed by atoms with E-state index >= 15 is 0 Å². The van der Waals surface area contributed by atoms with E-state index in [1.54, 1.807) is 11.0 Å². The van der Waals surface area contributed by atoms with Crippen LogP contribution in [0.25, 0.3) is 0 Å². The molecule has 0 saturated carbocycles. The Labute approximate surface area is 99.7 Å². The molecule has 1 atom stereocenters. The maximum Gasteiger partial charge on any atom is 0.169 e. The van der Waals surface area contributed by atoms with Crippen LogP contribution in [0.5, 0.6) is 0 Å². The zero-order chi connectivity index (χ0) is 11.5. The van der Waals surface area contributed by atoms with Crippen LogP contribution in [0.15, 0.2) is 11.3 Å². The van der Waals surface area contributed by atoms with Gasteiger partial charge in [-0.15, -0.1) is 0 Å². The summed E-state index contributed by atoms with van der Waals surface area (Å²) in [6.45, 7) is 6.03. The maximum atomic E-state index is 4.47. The summed E-state index contributed by atoms with van der Waals surface area (Å²) in [4.78, 5) is 8.62. The molecule has 1 aromatic heterocycles. The van der Waals surface area contributed by atoms with Crippen LogP contribution in [0.3, 0.4) is 0 Å². The van der Waals surface area contributed by atoms with Crippen LogP contribution >= 0.6 is 11.8 Å². The van der Waals surface area contributed by atoms with E-state index in [4.69, 9.17) is 0 Å². The lowest BCUT2D eigenvalue weighted by Gasteiger charge is -2.11. The third kappa shape index (κ3) is 2.75. The normalized spacial score (nSPS) is 20.2. The molecule has 0 bridgehead atoms. The average Bonchev–Trinajstić information content (AvgIpc) is 2.83. The number of hydrogen-bond donors (Lipinski definition) is 1. The summed E-state index contributed by atoms with van der Waals surface area (Å²) in [5.41, 5.74) is 0. The Hall–Kier alpha value is -1.04. The fourth-order valence-electron chi connectivity index (χ4n) is 1.45. The fraction of sp³-hybridized carbons (Fsp3) is 0.700. The molecule has 1 aliphatic heterocycles. The van der Waals surface area contributed by atoms with Crippen LogP contribution in [0.1, 0.15) is 19.7 Å². The zero-order valence-electron chi connectivity index (χ0n) is 9.84. The highest BCUT2D eigenvalue weighted by molar-refractivity contribution is 8.14. The number of aliphatic imine (C=N–C) groups is 1. The fourth-order valence-corrected chi connectivity index (χ4v) is 2.47. The lowest BCUT2D eigenvalue weighted by Crippen LogP contribution is -2.20. The molecule has 1 unspecified atom stereocenters. The molecule has 6 heteroatoms. The topological polar surface area (TPSA) is 55.1 Å². The summed E-state index contributed by atoms with van der Waals surface area (Å²) < 4.78 is 1.71. The van der Waals surface area contributed by atoms with E-state index in [2.05, 4.69) is 34.2 Å². The molecule has 5 nitrogen and oxygen atoms in total. The number of amidine groups is 1. The van der Waals surface area contributed by atoms with Gasteiger partial charge in [-0.3, -0.25) is 9.67 Å². The van der Waals surface area contributed by atoms with Crippen molar-refractivity contribution >= 4 is 16.9 Å². The second-order valence-corrected chi connectivity index (χ2v) is 5.46. The largest absolute Gasteiger partial charge is 0.358 e. The molecule has 0 radical (unpaired) electrons. The molecule has 2 heterocycles. The second kappa shape index (κ2) is 4.86. The van der Waals surface area contributed by atoms with Gasteiger partial charge in [-0.1, -0.05) is 25.6 Å². The van der Waals surface area contributed by atoms with Gasteiger partial charge in [-0.05, 0) is 5.92 Å². The molecule has 0 aliphatic carbocycles. The highest BCUT2D eigenvalue weighted by atomic mass is 32.2. The number of rotatable bonds is 3. The number of nitrogens with one attached hydrogen (secondary N) is 1. The second-order valence-electron chi connectivity index (χ2n) is 4.23. The van der Waals surface area contributed by atoms with E-state index in [9.17, 15) is 0 Å². The van der Waals surface area contributed by atoms with E-state index < -0.39 is 0 Å². The number of aryl methyl sites for hydroxylation is 1. The average molecular weight is 239 g/mol. The molecule has 0 saturated heterocycles. The monoisotopic (exact) mass is 239 g/mol. The maximum absolute atomic E-state index is 4.47. The highest BCUT2D eigenvalue weighted by Gasteiger charge is 2.22. The first-order chi connectivity index (χ1) is 7.65. The molecule has 1 aliphatic rings. The molecule has 1 aromatic rings. The molecule has 0 aromatic carbocycles. The summed E-state index contributed by atoms with van der Waals surface area (Å²) in [6.07, 6.45) is 1.71. The first-order valence-corrected chi connectivity index (χ1v) is 6.32. The van der Waals surface area contributed by atoms with Crippen molar-refractivity contribution in [3.05, 3.63) is 12.2 Å². The Bertz CT molecular complexity index is 384. The Morgan fingerprint density at radius 1 is 1.62 bits per heavy atom. The quantitative estimate of drug-likeness (QED) is 0.856. The van der Waals surface area contributed by atoms with Crippen molar-refractivity contribution < 1.29 is 0 Å². The molecule has 16 heavy (non-hydrogen) atoms. The van der Waals surface area contributed by atoms with Gasteiger partial charge < -0.3 is 5.32 Å². The Kier molecular flexibility index (Phi) is 3.48. The Morgan fingerprint density at radius 2 is 2.44 bits per heavy atom. The van der Waals surface area contributed by atoms with Gasteiger partial charge in [-0.2, -0.15) is 5.10 Å². The summed E-state index contributed by atoms with van der Waals surface area (Å²) in [6, 6.07) is 0. The molecule has 0 fully saturated rings. The van der Waals surface area contributed by atoms with Gasteiger partial charge in [0, 0.05) is 12.3 Å². The van der Waals surface area contributed by atoms with Gasteiger partial charge in [0.2, 0.25) is 0 Å². The molecular weight excluding hydrogens is 222 g/mol. The molecule has 88 valence electrons. The minimum absolute atomic E-state index is 0.610. The van der Waals surface area contributed by atoms with E-state index in [1.807, 2.05) is 18.8 Å². The Balaban J connectivity index is 1.80. The van der Waals surface area contributed by atoms with Crippen molar-refractivity contribution in [2.24, 2.45) is 18.0 Å². The van der Waals surface area contributed by atoms with E-state index in [0.717, 1.165) is 17.5 Å². The number of thioether (sulfide) groups is 1. The Morgan fingerprint density at radius 3 is 3.00 bits per heavy atom. The smallest absolute Gasteiger partial charge is 0.169 e. The predicted molar refractivity (Wildman–Crippen MR) is 66.4 cm³/mol. The van der Waals surface area contributed by atoms with E-state index in [-0.39, 0.29) is 0 Å². The summed E-state index contributed by atoms with van der Waals surface area (Å²) >= 11 is 1.82. The van der Waals surface area contributed by atoms with Crippen LogP contribution in [-0.4, -0.2) is 31.7 Å². The van der Waals surface area contributed by atoms with Crippen molar-refractivity contribution in [2.45, 2.75) is 25.6 Å². The van der Waals surface area contributed by atoms with Crippen LogP contribution < -0.4 is 5.32 Å². The summed E-state index contributed by atoms with van der Waals surface area (Å²) in [5.74, 6) is 1.47. The lowest BCUT2D eigenvalue weighted by atomic mass is 10.1. The van der Waals surface area contributed by atoms with E-state index in [0.29, 0.717) is 17.7 Å². The standard InChI is InChI=1S/C10H17N5S/c1-7(2)8-4-11-10(16-8)12-5-9-13-6-15(3)14-9/h6-8H,4-5H2,1-3H3,(H,11,12). The third-order valence-corrected chi connectivity index (χ3v) is 3.96. The van der Waals surface area contributed by atoms with Gasteiger partial charge in [0.25, 0.3) is 0 Å². The zero-order valence-corrected chi connectivity index (χ0v) is 10.7. The van der Waals surface area contributed by atoms with Crippen LogP contribution in [0, 0.1) is 5.92 Å². The van der Waals surface area contributed by atoms with Gasteiger partial charge in [0.15, 0.2) is 11.0 Å². The molecule has 2 rings (SSSR count). The van der Waals surface area contributed by atoms with Gasteiger partial charge in [0.05, 0.1) is 13.1 Å². The number of aromatic nitrogens is 3. The van der Waals surface area contributed by atoms with Crippen molar-refractivity contribution in [1.82, 2.24) is 20.1 Å². The summed E-state index contributed by atoms with van der Waals surface area (Å²) in [7, 11) is 1.87.